The number of nitrogens with one attached hydrogen (secondary N) is 3. The Hall–Kier alpha value is -3.83. The van der Waals surface area contributed by atoms with Gasteiger partial charge in [0.25, 0.3) is 11.8 Å². The molecule has 0 aliphatic rings. The average Bonchev–Trinajstić information content (AvgIpc) is 2.89. The minimum absolute atomic E-state index is 0.0102. The molecule has 0 fully saturated rings. The molecule has 4 amide bonds. The van der Waals surface area contributed by atoms with Crippen LogP contribution < -0.4 is 26.4 Å². The molecule has 2 atom stereocenters. The highest BCUT2D eigenvalue weighted by atomic mass is 35.5. The number of nitrogens with two attached hydrogens (primary N) is 1. The molecule has 0 spiro atoms. The first-order valence-electron chi connectivity index (χ1n) is 12.1. The van der Waals surface area contributed by atoms with Crippen LogP contribution in [0.1, 0.15) is 30.9 Å². The van der Waals surface area contributed by atoms with E-state index < -0.39 is 30.1 Å². The van der Waals surface area contributed by atoms with Crippen molar-refractivity contribution in [3.05, 3.63) is 64.7 Å². The van der Waals surface area contributed by atoms with E-state index in [4.69, 9.17) is 31.9 Å². The zero-order valence-electron chi connectivity index (χ0n) is 21.1. The summed E-state index contributed by atoms with van der Waals surface area (Å²) in [4.78, 5) is 48.6. The van der Waals surface area contributed by atoms with Gasteiger partial charge in [0, 0.05) is 30.3 Å². The summed E-state index contributed by atoms with van der Waals surface area (Å²) in [5.74, 6) is -1.17. The predicted molar refractivity (Wildman–Crippen MR) is 140 cm³/mol. The van der Waals surface area contributed by atoms with Gasteiger partial charge >= 0.3 is 6.09 Å². The first-order chi connectivity index (χ1) is 18.2. The van der Waals surface area contributed by atoms with Crippen LogP contribution >= 0.6 is 11.6 Å². The zero-order chi connectivity index (χ0) is 27.9. The first-order valence-corrected chi connectivity index (χ1v) is 12.4. The maximum atomic E-state index is 12.7. The number of hydrogen-bond donors (Lipinski definition) is 5. The van der Waals surface area contributed by atoms with Gasteiger partial charge in [0.1, 0.15) is 11.8 Å². The number of benzene rings is 2. The standard InChI is InChI=1S/C26H33ClN4O7/c1-17(31-25(35)22(38-26(28)36)10-8-18-6-3-2-4-7-18)24(34)30-15-19-14-20(27)9-11-21(19)37-16-23(33)29-12-5-13-32/h2-4,6-7,9,11,14,17,22,32H,5,8,10,12-13,15-16H2,1H3,(H2,28,36)(H,29,33)(H,30,34)(H,31,35)/t17-,22+/m0/s1. The number of aliphatic hydroxyl groups is 1. The van der Waals surface area contributed by atoms with Gasteiger partial charge in [-0.25, -0.2) is 4.79 Å². The normalized spacial score (nSPS) is 12.1. The lowest BCUT2D eigenvalue weighted by atomic mass is 10.1. The van der Waals surface area contributed by atoms with Crippen LogP contribution in [0.15, 0.2) is 48.5 Å². The third-order valence-electron chi connectivity index (χ3n) is 5.33. The number of carbonyl (C=O) groups is 4. The molecule has 2 aromatic rings. The van der Waals surface area contributed by atoms with Crippen molar-refractivity contribution >= 4 is 35.4 Å². The molecule has 0 heterocycles. The lowest BCUT2D eigenvalue weighted by Gasteiger charge is -2.20. The molecule has 11 nitrogen and oxygen atoms in total. The molecule has 0 unspecified atom stereocenters. The third-order valence-corrected chi connectivity index (χ3v) is 5.57. The van der Waals surface area contributed by atoms with E-state index in [1.54, 1.807) is 18.2 Å². The summed E-state index contributed by atoms with van der Waals surface area (Å²) in [7, 11) is 0. The average molecular weight is 549 g/mol. The molecular weight excluding hydrogens is 516 g/mol. The van der Waals surface area contributed by atoms with Crippen molar-refractivity contribution in [1.29, 1.82) is 0 Å². The largest absolute Gasteiger partial charge is 0.483 e. The lowest BCUT2D eigenvalue weighted by Crippen LogP contribution is -2.49. The van der Waals surface area contributed by atoms with Crippen LogP contribution in [0, 0.1) is 0 Å². The fraction of sp³-hybridized carbons (Fsp3) is 0.385. The van der Waals surface area contributed by atoms with Gasteiger partial charge in [-0.3, -0.25) is 14.4 Å². The van der Waals surface area contributed by atoms with Crippen molar-refractivity contribution in [3.8, 4) is 5.75 Å². The van der Waals surface area contributed by atoms with Crippen molar-refractivity contribution in [2.45, 2.75) is 44.9 Å². The molecule has 0 saturated carbocycles. The SMILES string of the molecule is C[C@H](NC(=O)[C@@H](CCc1ccccc1)OC(N)=O)C(=O)NCc1cc(Cl)ccc1OCC(=O)NCCCO. The van der Waals surface area contributed by atoms with Crippen molar-refractivity contribution in [3.63, 3.8) is 0 Å². The molecule has 12 heteroatoms. The molecule has 0 aromatic heterocycles. The van der Waals surface area contributed by atoms with Crippen LogP contribution in [-0.4, -0.2) is 60.8 Å². The summed E-state index contributed by atoms with van der Waals surface area (Å²) in [6.45, 7) is 1.52. The van der Waals surface area contributed by atoms with E-state index in [2.05, 4.69) is 16.0 Å². The van der Waals surface area contributed by atoms with Crippen molar-refractivity contribution < 1.29 is 33.8 Å². The van der Waals surface area contributed by atoms with Crippen LogP contribution in [-0.2, 0) is 32.1 Å². The fourth-order valence-electron chi connectivity index (χ4n) is 3.36. The summed E-state index contributed by atoms with van der Waals surface area (Å²) in [5, 5.41) is 17.0. The minimum Gasteiger partial charge on any atom is -0.483 e. The molecule has 2 aromatic carbocycles. The van der Waals surface area contributed by atoms with E-state index in [-0.39, 0.29) is 32.1 Å². The maximum Gasteiger partial charge on any atom is 0.405 e. The van der Waals surface area contributed by atoms with E-state index >= 15 is 0 Å². The Morgan fingerprint density at radius 2 is 1.79 bits per heavy atom. The number of primary amides is 1. The van der Waals surface area contributed by atoms with Crippen LogP contribution in [0.5, 0.6) is 5.75 Å². The number of halogens is 1. The molecule has 2 rings (SSSR count). The van der Waals surface area contributed by atoms with E-state index in [1.807, 2.05) is 30.3 Å². The van der Waals surface area contributed by atoms with E-state index in [0.29, 0.717) is 35.7 Å². The topological polar surface area (TPSA) is 169 Å². The van der Waals surface area contributed by atoms with Gasteiger partial charge in [0.2, 0.25) is 5.91 Å². The first kappa shape index (κ1) is 30.4. The second-order valence-corrected chi connectivity index (χ2v) is 8.80. The number of hydrogen-bond acceptors (Lipinski definition) is 7. The molecule has 0 aliphatic heterocycles. The van der Waals surface area contributed by atoms with Crippen molar-refractivity contribution in [2.75, 3.05) is 19.8 Å². The molecule has 0 radical (unpaired) electrons. The van der Waals surface area contributed by atoms with Crippen molar-refractivity contribution in [1.82, 2.24) is 16.0 Å². The molecule has 0 bridgehead atoms. The van der Waals surface area contributed by atoms with Gasteiger partial charge in [-0.15, -0.1) is 0 Å². The number of aliphatic hydroxyl groups excluding tert-OH is 1. The summed E-state index contributed by atoms with van der Waals surface area (Å²) in [6, 6.07) is 13.1. The Labute approximate surface area is 226 Å². The Morgan fingerprint density at radius 1 is 1.05 bits per heavy atom. The van der Waals surface area contributed by atoms with E-state index in [9.17, 15) is 19.2 Å². The summed E-state index contributed by atoms with van der Waals surface area (Å²) in [6.07, 6.45) is -1.18. The molecule has 0 saturated heterocycles. The Kier molecular flexibility index (Phi) is 12.9. The Balaban J connectivity index is 1.92. The number of amides is 4. The highest BCUT2D eigenvalue weighted by molar-refractivity contribution is 6.30. The quantitative estimate of drug-likeness (QED) is 0.210. The highest BCUT2D eigenvalue weighted by Gasteiger charge is 2.25. The minimum atomic E-state index is -1.17. The number of aryl methyl sites for hydroxylation is 1. The fourth-order valence-corrected chi connectivity index (χ4v) is 3.56. The molecule has 206 valence electrons. The molecule has 38 heavy (non-hydrogen) atoms. The van der Waals surface area contributed by atoms with E-state index in [1.165, 1.54) is 6.92 Å². The van der Waals surface area contributed by atoms with Crippen LogP contribution in [0.3, 0.4) is 0 Å². The lowest BCUT2D eigenvalue weighted by molar-refractivity contribution is -0.134. The third kappa shape index (κ3) is 11.1. The van der Waals surface area contributed by atoms with Gasteiger partial charge in [-0.05, 0) is 49.9 Å². The smallest absolute Gasteiger partial charge is 0.405 e. The number of ether oxygens (including phenoxy) is 2. The monoisotopic (exact) mass is 548 g/mol. The molecular formula is C26H33ClN4O7. The van der Waals surface area contributed by atoms with Crippen LogP contribution in [0.25, 0.3) is 0 Å². The molecule has 6 N–H and O–H groups in total. The van der Waals surface area contributed by atoms with Gasteiger partial charge < -0.3 is 36.3 Å². The Bertz CT molecular complexity index is 1080. The number of rotatable bonds is 15. The summed E-state index contributed by atoms with van der Waals surface area (Å²) >= 11 is 6.08. The van der Waals surface area contributed by atoms with Gasteiger partial charge in [-0.2, -0.15) is 0 Å². The Morgan fingerprint density at radius 3 is 2.47 bits per heavy atom. The van der Waals surface area contributed by atoms with Gasteiger partial charge in [0.15, 0.2) is 12.7 Å². The van der Waals surface area contributed by atoms with E-state index in [0.717, 1.165) is 5.56 Å². The second-order valence-electron chi connectivity index (χ2n) is 8.37. The predicted octanol–water partition coefficient (Wildman–Crippen LogP) is 1.44. The van der Waals surface area contributed by atoms with Crippen LogP contribution in [0.4, 0.5) is 4.79 Å². The highest BCUT2D eigenvalue weighted by Crippen LogP contribution is 2.23. The summed E-state index contributed by atoms with van der Waals surface area (Å²) in [5.41, 5.74) is 6.59. The summed E-state index contributed by atoms with van der Waals surface area (Å²) < 4.78 is 10.5. The number of carbonyl (C=O) groups excluding carboxylic acids is 4. The van der Waals surface area contributed by atoms with Crippen LogP contribution in [0.2, 0.25) is 5.02 Å². The zero-order valence-corrected chi connectivity index (χ0v) is 21.8. The maximum absolute atomic E-state index is 12.7. The molecule has 0 aliphatic carbocycles. The van der Waals surface area contributed by atoms with Gasteiger partial charge in [-0.1, -0.05) is 41.9 Å². The van der Waals surface area contributed by atoms with Crippen molar-refractivity contribution in [2.24, 2.45) is 5.73 Å². The van der Waals surface area contributed by atoms with Gasteiger partial charge in [0.05, 0.1) is 0 Å². The second kappa shape index (κ2) is 16.1.